The maximum atomic E-state index is 12.2. The molecule has 0 fully saturated rings. The van der Waals surface area contributed by atoms with Crippen molar-refractivity contribution in [3.05, 3.63) is 68.9 Å². The van der Waals surface area contributed by atoms with Crippen molar-refractivity contribution in [2.75, 3.05) is 7.11 Å². The second kappa shape index (κ2) is 6.68. The number of ether oxygens (including phenoxy) is 1. The van der Waals surface area contributed by atoms with Crippen LogP contribution in [0.1, 0.15) is 23.6 Å². The number of hydrazone groups is 1. The van der Waals surface area contributed by atoms with Crippen molar-refractivity contribution >= 4 is 5.71 Å². The molecule has 1 atom stereocenters. The Labute approximate surface area is 143 Å². The molecule has 2 heterocycles. The minimum absolute atomic E-state index is 0.0219. The van der Waals surface area contributed by atoms with Crippen LogP contribution in [0, 0.1) is 0 Å². The lowest BCUT2D eigenvalue weighted by Gasteiger charge is -2.14. The summed E-state index contributed by atoms with van der Waals surface area (Å²) < 4.78 is 6.38. The summed E-state index contributed by atoms with van der Waals surface area (Å²) in [6.45, 7) is 3.61. The Balaban J connectivity index is 1.97. The Morgan fingerprint density at radius 3 is 2.92 bits per heavy atom. The zero-order valence-corrected chi connectivity index (χ0v) is 13.7. The molecule has 0 amide bonds. The minimum Gasteiger partial charge on any atom is -0.496 e. The van der Waals surface area contributed by atoms with E-state index in [-0.39, 0.29) is 18.2 Å². The summed E-state index contributed by atoms with van der Waals surface area (Å²) in [4.78, 5) is 26.2. The molecule has 0 bridgehead atoms. The fraction of sp³-hybridized carbons (Fsp3) is 0.235. The predicted octanol–water partition coefficient (Wildman–Crippen LogP) is 0.875. The lowest BCUT2D eigenvalue weighted by molar-refractivity contribution is 0.402. The molecule has 8 heteroatoms. The summed E-state index contributed by atoms with van der Waals surface area (Å²) in [5.41, 5.74) is 2.82. The topological polar surface area (TPSA) is 109 Å². The first-order chi connectivity index (χ1) is 12.1. The number of aromatic nitrogens is 2. The second-order valence-corrected chi connectivity index (χ2v) is 5.54. The van der Waals surface area contributed by atoms with E-state index in [2.05, 4.69) is 22.1 Å². The summed E-state index contributed by atoms with van der Waals surface area (Å²) in [6.07, 6.45) is 1.82. The van der Waals surface area contributed by atoms with Crippen molar-refractivity contribution in [2.45, 2.75) is 19.0 Å². The average Bonchev–Trinajstić information content (AvgIpc) is 3.07. The van der Waals surface area contributed by atoms with E-state index in [1.807, 2.05) is 24.3 Å². The van der Waals surface area contributed by atoms with Crippen molar-refractivity contribution in [2.24, 2.45) is 5.10 Å². The Kier molecular flexibility index (Phi) is 4.42. The van der Waals surface area contributed by atoms with Crippen LogP contribution in [0.3, 0.4) is 0 Å². The van der Waals surface area contributed by atoms with Crippen LogP contribution in [-0.4, -0.2) is 27.5 Å². The number of aromatic amines is 1. The number of aromatic hydroxyl groups is 1. The first-order valence-corrected chi connectivity index (χ1v) is 7.69. The zero-order chi connectivity index (χ0) is 18.0. The standard InChI is InChI=1S/C17H18N4O4/c1-3-8-21-16(23)14(15(22)18-17(21)24)12-9-11(19-20-12)10-6-4-5-7-13(10)25-2/h3-7,11,19,23H,1,8-9H2,2H3,(H,18,22,24)/t11-/m1/s1. The maximum Gasteiger partial charge on any atom is 0.331 e. The molecule has 8 nitrogen and oxygen atoms in total. The highest BCUT2D eigenvalue weighted by Gasteiger charge is 2.28. The fourth-order valence-electron chi connectivity index (χ4n) is 2.85. The molecule has 1 aliphatic heterocycles. The molecular weight excluding hydrogens is 324 g/mol. The molecule has 0 spiro atoms. The molecule has 25 heavy (non-hydrogen) atoms. The van der Waals surface area contributed by atoms with Gasteiger partial charge in [-0.15, -0.1) is 6.58 Å². The Bertz CT molecular complexity index is 958. The number of methoxy groups -OCH3 is 1. The van der Waals surface area contributed by atoms with Gasteiger partial charge in [0.2, 0.25) is 5.88 Å². The summed E-state index contributed by atoms with van der Waals surface area (Å²) in [5, 5.41) is 14.5. The van der Waals surface area contributed by atoms with E-state index >= 15 is 0 Å². The Morgan fingerprint density at radius 2 is 2.20 bits per heavy atom. The third-order valence-electron chi connectivity index (χ3n) is 4.04. The first kappa shape index (κ1) is 16.6. The summed E-state index contributed by atoms with van der Waals surface area (Å²) in [5.74, 6) is 0.279. The number of benzene rings is 1. The smallest absolute Gasteiger partial charge is 0.331 e. The number of H-pyrrole nitrogens is 1. The van der Waals surface area contributed by atoms with Crippen molar-refractivity contribution in [3.63, 3.8) is 0 Å². The van der Waals surface area contributed by atoms with E-state index in [0.717, 1.165) is 10.1 Å². The largest absolute Gasteiger partial charge is 0.496 e. The average molecular weight is 342 g/mol. The summed E-state index contributed by atoms with van der Waals surface area (Å²) in [7, 11) is 1.58. The van der Waals surface area contributed by atoms with Crippen LogP contribution in [0.5, 0.6) is 11.6 Å². The van der Waals surface area contributed by atoms with Gasteiger partial charge in [0, 0.05) is 18.5 Å². The van der Waals surface area contributed by atoms with Gasteiger partial charge in [-0.05, 0) is 6.07 Å². The molecular formula is C17H18N4O4. The third kappa shape index (κ3) is 2.93. The van der Waals surface area contributed by atoms with Crippen molar-refractivity contribution in [1.82, 2.24) is 15.0 Å². The number of allylic oxidation sites excluding steroid dienone is 1. The number of para-hydroxylation sites is 1. The van der Waals surface area contributed by atoms with Crippen molar-refractivity contribution in [3.8, 4) is 11.6 Å². The zero-order valence-electron chi connectivity index (χ0n) is 13.7. The van der Waals surface area contributed by atoms with Gasteiger partial charge < -0.3 is 15.3 Å². The quantitative estimate of drug-likeness (QED) is 0.699. The van der Waals surface area contributed by atoms with E-state index in [9.17, 15) is 14.7 Å². The third-order valence-corrected chi connectivity index (χ3v) is 4.04. The van der Waals surface area contributed by atoms with E-state index in [4.69, 9.17) is 4.74 Å². The predicted molar refractivity (Wildman–Crippen MR) is 93.2 cm³/mol. The molecule has 3 N–H and O–H groups in total. The van der Waals surface area contributed by atoms with Crippen LogP contribution in [0.25, 0.3) is 0 Å². The summed E-state index contributed by atoms with van der Waals surface area (Å²) >= 11 is 0. The van der Waals surface area contributed by atoms with E-state index in [1.54, 1.807) is 7.11 Å². The molecule has 0 unspecified atom stereocenters. The van der Waals surface area contributed by atoms with Crippen molar-refractivity contribution in [1.29, 1.82) is 0 Å². The fourth-order valence-corrected chi connectivity index (χ4v) is 2.85. The van der Waals surface area contributed by atoms with Gasteiger partial charge in [-0.1, -0.05) is 24.3 Å². The van der Waals surface area contributed by atoms with Gasteiger partial charge in [-0.2, -0.15) is 5.10 Å². The lowest BCUT2D eigenvalue weighted by atomic mass is 9.99. The van der Waals surface area contributed by atoms with Gasteiger partial charge in [0.15, 0.2) is 0 Å². The monoisotopic (exact) mass is 342 g/mol. The first-order valence-electron chi connectivity index (χ1n) is 7.69. The Hall–Kier alpha value is -3.29. The van der Waals surface area contributed by atoms with Gasteiger partial charge in [-0.25, -0.2) is 4.79 Å². The van der Waals surface area contributed by atoms with Gasteiger partial charge in [0.1, 0.15) is 11.3 Å². The van der Waals surface area contributed by atoms with E-state index in [1.165, 1.54) is 6.08 Å². The van der Waals surface area contributed by atoms with Crippen LogP contribution in [0.15, 0.2) is 51.6 Å². The molecule has 1 aromatic heterocycles. The van der Waals surface area contributed by atoms with E-state index < -0.39 is 17.1 Å². The lowest BCUT2D eigenvalue weighted by Crippen LogP contribution is -2.33. The van der Waals surface area contributed by atoms with Gasteiger partial charge in [0.25, 0.3) is 5.56 Å². The molecule has 0 saturated heterocycles. The molecule has 1 aromatic carbocycles. The van der Waals surface area contributed by atoms with Gasteiger partial charge in [0.05, 0.1) is 18.9 Å². The molecule has 0 aliphatic carbocycles. The van der Waals surface area contributed by atoms with Crippen LogP contribution >= 0.6 is 0 Å². The van der Waals surface area contributed by atoms with Crippen LogP contribution in [0.4, 0.5) is 0 Å². The highest BCUT2D eigenvalue weighted by Crippen LogP contribution is 2.31. The molecule has 3 rings (SSSR count). The number of rotatable bonds is 5. The maximum absolute atomic E-state index is 12.2. The van der Waals surface area contributed by atoms with E-state index in [0.29, 0.717) is 17.9 Å². The number of hydrogen-bond donors (Lipinski definition) is 3. The normalized spacial score (nSPS) is 16.2. The molecule has 130 valence electrons. The number of nitrogens with one attached hydrogen (secondary N) is 2. The minimum atomic E-state index is -0.695. The van der Waals surface area contributed by atoms with Crippen LogP contribution in [-0.2, 0) is 6.54 Å². The molecule has 0 saturated carbocycles. The van der Waals surface area contributed by atoms with Crippen LogP contribution < -0.4 is 21.4 Å². The number of hydrogen-bond acceptors (Lipinski definition) is 6. The molecule has 2 aromatic rings. The molecule has 1 aliphatic rings. The van der Waals surface area contributed by atoms with Crippen LogP contribution in [0.2, 0.25) is 0 Å². The second-order valence-electron chi connectivity index (χ2n) is 5.54. The molecule has 0 radical (unpaired) electrons. The highest BCUT2D eigenvalue weighted by molar-refractivity contribution is 6.03. The summed E-state index contributed by atoms with van der Waals surface area (Å²) in [6, 6.07) is 7.28. The van der Waals surface area contributed by atoms with Gasteiger partial charge >= 0.3 is 5.69 Å². The SMILES string of the molecule is C=CCn1c(O)c(C2=NN[C@@H](c3ccccc3OC)C2)c(=O)[nH]c1=O. The number of nitrogens with zero attached hydrogens (tertiary/aromatic N) is 2. The highest BCUT2D eigenvalue weighted by atomic mass is 16.5. The van der Waals surface area contributed by atoms with Gasteiger partial charge in [-0.3, -0.25) is 14.3 Å². The van der Waals surface area contributed by atoms with Crippen molar-refractivity contribution < 1.29 is 9.84 Å². The Morgan fingerprint density at radius 1 is 1.44 bits per heavy atom.